The van der Waals surface area contributed by atoms with E-state index in [9.17, 15) is 8.78 Å². The van der Waals surface area contributed by atoms with Gasteiger partial charge in [0.2, 0.25) is 0 Å². The quantitative estimate of drug-likeness (QED) is 0.759. The van der Waals surface area contributed by atoms with Crippen molar-refractivity contribution in [3.8, 4) is 0 Å². The van der Waals surface area contributed by atoms with E-state index in [-0.39, 0.29) is 6.04 Å². The summed E-state index contributed by atoms with van der Waals surface area (Å²) in [5.74, 6) is -1.56. The van der Waals surface area contributed by atoms with E-state index < -0.39 is 11.6 Å². The van der Waals surface area contributed by atoms with Gasteiger partial charge in [-0.25, -0.2) is 8.78 Å². The van der Waals surface area contributed by atoms with Crippen LogP contribution in [0.3, 0.4) is 0 Å². The van der Waals surface area contributed by atoms with Crippen LogP contribution in [0.25, 0.3) is 0 Å². The predicted octanol–water partition coefficient (Wildman–Crippen LogP) is 2.97. The van der Waals surface area contributed by atoms with Crippen molar-refractivity contribution in [2.75, 3.05) is 33.9 Å². The summed E-state index contributed by atoms with van der Waals surface area (Å²) in [6.45, 7) is 6.52. The molecule has 1 N–H and O–H groups in total. The smallest absolute Gasteiger partial charge is 0.163 e. The second kappa shape index (κ2) is 9.07. The summed E-state index contributed by atoms with van der Waals surface area (Å²) in [5.41, 5.74) is 0.382. The maximum absolute atomic E-state index is 13.9. The Morgan fingerprint density at radius 3 is 2.52 bits per heavy atom. The van der Waals surface area contributed by atoms with Gasteiger partial charge in [0.25, 0.3) is 0 Å². The summed E-state index contributed by atoms with van der Waals surface area (Å²) < 4.78 is 32.3. The van der Waals surface area contributed by atoms with Crippen LogP contribution in [0, 0.1) is 11.6 Å². The molecule has 0 saturated carbocycles. The van der Waals surface area contributed by atoms with Crippen LogP contribution in [0.2, 0.25) is 0 Å². The van der Waals surface area contributed by atoms with E-state index in [4.69, 9.17) is 4.74 Å². The molecule has 0 radical (unpaired) electrons. The van der Waals surface area contributed by atoms with E-state index in [0.717, 1.165) is 19.2 Å². The lowest BCUT2D eigenvalue weighted by atomic mass is 10.0. The fourth-order valence-electron chi connectivity index (χ4n) is 2.38. The first-order valence-electron chi connectivity index (χ1n) is 7.35. The second-order valence-corrected chi connectivity index (χ2v) is 5.40. The highest BCUT2D eigenvalue weighted by Gasteiger charge is 2.18. The monoisotopic (exact) mass is 300 g/mol. The van der Waals surface area contributed by atoms with Gasteiger partial charge in [-0.3, -0.25) is 4.90 Å². The summed E-state index contributed by atoms with van der Waals surface area (Å²) in [5, 5.41) is 3.07. The average Bonchev–Trinajstić information content (AvgIpc) is 2.46. The lowest BCUT2D eigenvalue weighted by Crippen LogP contribution is -2.36. The van der Waals surface area contributed by atoms with E-state index in [1.807, 2.05) is 0 Å². The molecule has 0 aromatic heterocycles. The molecule has 1 atom stereocenters. The third kappa shape index (κ3) is 5.34. The van der Waals surface area contributed by atoms with Gasteiger partial charge in [0.15, 0.2) is 11.6 Å². The minimum absolute atomic E-state index is 0.204. The van der Waals surface area contributed by atoms with Gasteiger partial charge < -0.3 is 10.1 Å². The molecule has 0 saturated heterocycles. The Kier molecular flexibility index (Phi) is 7.78. The SMILES string of the molecule is CNC(CCN(CCOC)C(C)C)c1cccc(F)c1F. The van der Waals surface area contributed by atoms with Crippen LogP contribution < -0.4 is 5.32 Å². The van der Waals surface area contributed by atoms with Crippen molar-refractivity contribution in [1.29, 1.82) is 0 Å². The molecule has 1 aromatic carbocycles. The van der Waals surface area contributed by atoms with Crippen molar-refractivity contribution in [1.82, 2.24) is 10.2 Å². The van der Waals surface area contributed by atoms with Crippen LogP contribution in [0.15, 0.2) is 18.2 Å². The maximum atomic E-state index is 13.9. The zero-order chi connectivity index (χ0) is 15.8. The first-order chi connectivity index (χ1) is 10.0. The molecule has 5 heteroatoms. The maximum Gasteiger partial charge on any atom is 0.163 e. The molecule has 1 rings (SSSR count). The Balaban J connectivity index is 2.71. The Bertz CT molecular complexity index is 427. The molecule has 0 aliphatic heterocycles. The van der Waals surface area contributed by atoms with Gasteiger partial charge in [-0.15, -0.1) is 0 Å². The summed E-state index contributed by atoms with van der Waals surface area (Å²) >= 11 is 0. The lowest BCUT2D eigenvalue weighted by Gasteiger charge is -2.28. The molecular formula is C16H26F2N2O. The zero-order valence-corrected chi connectivity index (χ0v) is 13.3. The molecule has 0 bridgehead atoms. The molecule has 120 valence electrons. The Hall–Kier alpha value is -1.04. The highest BCUT2D eigenvalue weighted by molar-refractivity contribution is 5.22. The number of benzene rings is 1. The average molecular weight is 300 g/mol. The fraction of sp³-hybridized carbons (Fsp3) is 0.625. The standard InChI is InChI=1S/C16H26F2N2O/c1-12(2)20(10-11-21-4)9-8-15(19-3)13-6-5-7-14(17)16(13)18/h5-7,12,15,19H,8-11H2,1-4H3. The molecule has 21 heavy (non-hydrogen) atoms. The Labute approximate surface area is 126 Å². The van der Waals surface area contributed by atoms with Gasteiger partial charge in [-0.2, -0.15) is 0 Å². The fourth-order valence-corrected chi connectivity index (χ4v) is 2.38. The first kappa shape index (κ1) is 18.0. The Morgan fingerprint density at radius 1 is 1.24 bits per heavy atom. The molecule has 3 nitrogen and oxygen atoms in total. The van der Waals surface area contributed by atoms with Crippen molar-refractivity contribution >= 4 is 0 Å². The van der Waals surface area contributed by atoms with Gasteiger partial charge >= 0.3 is 0 Å². The van der Waals surface area contributed by atoms with E-state index in [0.29, 0.717) is 24.6 Å². The third-order valence-corrected chi connectivity index (χ3v) is 3.72. The number of hydrogen-bond acceptors (Lipinski definition) is 3. The predicted molar refractivity (Wildman–Crippen MR) is 81.4 cm³/mol. The summed E-state index contributed by atoms with van der Waals surface area (Å²) in [7, 11) is 3.45. The zero-order valence-electron chi connectivity index (χ0n) is 13.3. The van der Waals surface area contributed by atoms with Crippen molar-refractivity contribution in [2.24, 2.45) is 0 Å². The number of nitrogens with zero attached hydrogens (tertiary/aromatic N) is 1. The first-order valence-corrected chi connectivity index (χ1v) is 7.35. The summed E-state index contributed by atoms with van der Waals surface area (Å²) in [6.07, 6.45) is 0.707. The molecule has 0 amide bonds. The van der Waals surface area contributed by atoms with Gasteiger partial charge in [0.1, 0.15) is 0 Å². The van der Waals surface area contributed by atoms with Gasteiger partial charge in [0.05, 0.1) is 6.61 Å². The number of nitrogens with one attached hydrogen (secondary N) is 1. The number of ether oxygens (including phenoxy) is 1. The number of methoxy groups -OCH3 is 1. The summed E-state index contributed by atoms with van der Waals surface area (Å²) in [6, 6.07) is 4.50. The topological polar surface area (TPSA) is 24.5 Å². The summed E-state index contributed by atoms with van der Waals surface area (Å²) in [4.78, 5) is 2.27. The van der Waals surface area contributed by atoms with Crippen LogP contribution in [0.4, 0.5) is 8.78 Å². The molecular weight excluding hydrogens is 274 g/mol. The van der Waals surface area contributed by atoms with Crippen molar-refractivity contribution in [3.05, 3.63) is 35.4 Å². The van der Waals surface area contributed by atoms with E-state index in [1.165, 1.54) is 0 Å². The Morgan fingerprint density at radius 2 is 1.95 bits per heavy atom. The second-order valence-electron chi connectivity index (χ2n) is 5.40. The van der Waals surface area contributed by atoms with E-state index >= 15 is 0 Å². The molecule has 0 heterocycles. The molecule has 1 aromatic rings. The van der Waals surface area contributed by atoms with Crippen molar-refractivity contribution in [3.63, 3.8) is 0 Å². The molecule has 0 spiro atoms. The van der Waals surface area contributed by atoms with E-state index in [2.05, 4.69) is 24.1 Å². The van der Waals surface area contributed by atoms with Crippen LogP contribution >= 0.6 is 0 Å². The lowest BCUT2D eigenvalue weighted by molar-refractivity contribution is 0.126. The highest BCUT2D eigenvalue weighted by Crippen LogP contribution is 2.22. The van der Waals surface area contributed by atoms with Crippen molar-refractivity contribution in [2.45, 2.75) is 32.4 Å². The van der Waals surface area contributed by atoms with Gasteiger partial charge in [0, 0.05) is 37.8 Å². The third-order valence-electron chi connectivity index (χ3n) is 3.72. The minimum Gasteiger partial charge on any atom is -0.383 e. The number of rotatable bonds is 9. The van der Waals surface area contributed by atoms with Crippen LogP contribution in [0.5, 0.6) is 0 Å². The molecule has 0 aliphatic rings. The molecule has 0 aliphatic carbocycles. The van der Waals surface area contributed by atoms with Crippen molar-refractivity contribution < 1.29 is 13.5 Å². The normalized spacial score (nSPS) is 13.1. The molecule has 0 fully saturated rings. The van der Waals surface area contributed by atoms with Gasteiger partial charge in [-0.05, 0) is 33.4 Å². The molecule has 1 unspecified atom stereocenters. The number of hydrogen-bond donors (Lipinski definition) is 1. The van der Waals surface area contributed by atoms with Crippen LogP contribution in [0.1, 0.15) is 31.9 Å². The minimum atomic E-state index is -0.798. The van der Waals surface area contributed by atoms with Gasteiger partial charge in [-0.1, -0.05) is 12.1 Å². The van der Waals surface area contributed by atoms with E-state index in [1.54, 1.807) is 26.3 Å². The van der Waals surface area contributed by atoms with Crippen LogP contribution in [-0.4, -0.2) is 44.8 Å². The largest absolute Gasteiger partial charge is 0.383 e. The number of halogens is 2. The highest BCUT2D eigenvalue weighted by atomic mass is 19.2. The van der Waals surface area contributed by atoms with Crippen LogP contribution in [-0.2, 0) is 4.74 Å².